The van der Waals surface area contributed by atoms with Gasteiger partial charge in [-0.3, -0.25) is 4.79 Å². The van der Waals surface area contributed by atoms with Gasteiger partial charge in [-0.1, -0.05) is 34.1 Å². The molecule has 24 heavy (non-hydrogen) atoms. The predicted octanol–water partition coefficient (Wildman–Crippen LogP) is 2.13. The molecule has 2 aromatic rings. The maximum atomic E-state index is 12.4. The van der Waals surface area contributed by atoms with Gasteiger partial charge in [0.1, 0.15) is 6.04 Å². The minimum absolute atomic E-state index is 0.0486. The van der Waals surface area contributed by atoms with Crippen molar-refractivity contribution in [2.45, 2.75) is 6.04 Å². The van der Waals surface area contributed by atoms with Crippen LogP contribution in [0.3, 0.4) is 0 Å². The first-order valence-corrected chi connectivity index (χ1v) is 8.79. The van der Waals surface area contributed by atoms with Gasteiger partial charge in [0.2, 0.25) is 0 Å². The number of nitrogens with zero attached hydrogens (tertiary/aromatic N) is 1. The van der Waals surface area contributed by atoms with Crippen LogP contribution < -0.4 is 15.1 Å². The van der Waals surface area contributed by atoms with Gasteiger partial charge in [0.15, 0.2) is 0 Å². The van der Waals surface area contributed by atoms with Crippen molar-refractivity contribution in [3.05, 3.63) is 64.1 Å². The van der Waals surface area contributed by atoms with Crippen molar-refractivity contribution < 1.29 is 9.69 Å². The van der Waals surface area contributed by atoms with E-state index in [1.54, 1.807) is 0 Å². The molecule has 0 spiro atoms. The molecule has 0 radical (unpaired) electrons. The van der Waals surface area contributed by atoms with Crippen LogP contribution in [0.5, 0.6) is 0 Å². The number of carbonyl (C=O) groups excluding carboxylic acids is 1. The number of rotatable bonds is 6. The van der Waals surface area contributed by atoms with Gasteiger partial charge in [-0.2, -0.15) is 0 Å². The Bertz CT molecular complexity index is 683. The van der Waals surface area contributed by atoms with E-state index >= 15 is 0 Å². The molecule has 0 bridgehead atoms. The van der Waals surface area contributed by atoms with Gasteiger partial charge in [0.05, 0.1) is 20.6 Å². The summed E-state index contributed by atoms with van der Waals surface area (Å²) in [5.74, 6) is -0.0486. The number of likely N-dealkylation sites (N-methyl/N-ethyl adjacent to an activating group) is 1. The highest BCUT2D eigenvalue weighted by molar-refractivity contribution is 9.10. The molecule has 0 aromatic heterocycles. The van der Waals surface area contributed by atoms with Crippen molar-refractivity contribution in [3.8, 4) is 0 Å². The standard InChI is InChI=1S/C19H24BrN3O/c1-22(2)17-10-8-14(9-11-17)18(23(3)4)13-21-19(24)15-6-5-7-16(20)12-15/h5-12,18H,13H2,1-4H3,(H,21,24)/p+1/t18-/m1/s1. The van der Waals surface area contributed by atoms with Gasteiger partial charge in [-0.05, 0) is 30.3 Å². The number of halogens is 1. The summed E-state index contributed by atoms with van der Waals surface area (Å²) >= 11 is 3.40. The highest BCUT2D eigenvalue weighted by atomic mass is 79.9. The van der Waals surface area contributed by atoms with Crippen molar-refractivity contribution in [1.82, 2.24) is 5.32 Å². The van der Waals surface area contributed by atoms with Crippen LogP contribution in [0, 0.1) is 0 Å². The molecule has 0 aliphatic heterocycles. The SMILES string of the molecule is CN(C)c1ccc([C@@H](CNC(=O)c2cccc(Br)c2)[NH+](C)C)cc1. The van der Waals surface area contributed by atoms with Crippen molar-refractivity contribution in [2.24, 2.45) is 0 Å². The van der Waals surface area contributed by atoms with Crippen LogP contribution in [0.4, 0.5) is 5.69 Å². The van der Waals surface area contributed by atoms with Crippen LogP contribution in [0.1, 0.15) is 22.0 Å². The van der Waals surface area contributed by atoms with Gasteiger partial charge in [0.25, 0.3) is 5.91 Å². The van der Waals surface area contributed by atoms with E-state index in [-0.39, 0.29) is 11.9 Å². The topological polar surface area (TPSA) is 36.8 Å². The fourth-order valence-corrected chi connectivity index (χ4v) is 2.99. The highest BCUT2D eigenvalue weighted by Gasteiger charge is 2.19. The van der Waals surface area contributed by atoms with Crippen molar-refractivity contribution >= 4 is 27.5 Å². The van der Waals surface area contributed by atoms with Crippen LogP contribution in [-0.2, 0) is 0 Å². The van der Waals surface area contributed by atoms with Crippen molar-refractivity contribution in [3.63, 3.8) is 0 Å². The monoisotopic (exact) mass is 390 g/mol. The molecule has 2 rings (SSSR count). The van der Waals surface area contributed by atoms with E-state index in [2.05, 4.69) is 64.5 Å². The highest BCUT2D eigenvalue weighted by Crippen LogP contribution is 2.16. The number of carbonyl (C=O) groups is 1. The molecule has 0 fully saturated rings. The minimum atomic E-state index is -0.0486. The van der Waals surface area contributed by atoms with Crippen molar-refractivity contribution in [1.29, 1.82) is 0 Å². The second kappa shape index (κ2) is 8.31. The molecule has 1 amide bonds. The maximum Gasteiger partial charge on any atom is 0.251 e. The van der Waals surface area contributed by atoms with Crippen LogP contribution in [0.15, 0.2) is 53.0 Å². The third-order valence-electron chi connectivity index (χ3n) is 4.06. The van der Waals surface area contributed by atoms with Crippen LogP contribution in [0.25, 0.3) is 0 Å². The third kappa shape index (κ3) is 4.82. The van der Waals surface area contributed by atoms with E-state index in [1.807, 2.05) is 38.4 Å². The molecule has 0 saturated heterocycles. The average molecular weight is 391 g/mol. The first kappa shape index (κ1) is 18.5. The number of hydrogen-bond acceptors (Lipinski definition) is 2. The van der Waals surface area contributed by atoms with E-state index in [9.17, 15) is 4.79 Å². The molecule has 2 aromatic carbocycles. The zero-order valence-corrected chi connectivity index (χ0v) is 16.2. The molecular weight excluding hydrogens is 366 g/mol. The lowest BCUT2D eigenvalue weighted by atomic mass is 10.0. The summed E-state index contributed by atoms with van der Waals surface area (Å²) in [4.78, 5) is 15.7. The first-order chi connectivity index (χ1) is 11.4. The third-order valence-corrected chi connectivity index (χ3v) is 4.56. The van der Waals surface area contributed by atoms with E-state index in [0.717, 1.165) is 4.47 Å². The molecule has 0 aliphatic rings. The summed E-state index contributed by atoms with van der Waals surface area (Å²) in [5, 5.41) is 3.05. The number of anilines is 1. The number of quaternary nitrogens is 1. The molecule has 0 unspecified atom stereocenters. The van der Waals surface area contributed by atoms with E-state index in [4.69, 9.17) is 0 Å². The molecule has 1 atom stereocenters. The zero-order valence-electron chi connectivity index (χ0n) is 14.6. The Kier molecular flexibility index (Phi) is 6.40. The number of hydrogen-bond donors (Lipinski definition) is 2. The van der Waals surface area contributed by atoms with E-state index in [1.165, 1.54) is 16.2 Å². The summed E-state index contributed by atoms with van der Waals surface area (Å²) in [6.45, 7) is 0.592. The summed E-state index contributed by atoms with van der Waals surface area (Å²) < 4.78 is 0.907. The fraction of sp³-hybridized carbons (Fsp3) is 0.316. The van der Waals surface area contributed by atoms with Gasteiger partial charge in [-0.25, -0.2) is 0 Å². The molecule has 0 aliphatic carbocycles. The lowest BCUT2D eigenvalue weighted by molar-refractivity contribution is -0.890. The lowest BCUT2D eigenvalue weighted by Crippen LogP contribution is -3.07. The zero-order chi connectivity index (χ0) is 17.7. The Hall–Kier alpha value is -1.85. The summed E-state index contributed by atoms with van der Waals surface area (Å²) in [6.07, 6.45) is 0. The smallest absolute Gasteiger partial charge is 0.251 e. The van der Waals surface area contributed by atoms with Crippen LogP contribution in [-0.4, -0.2) is 40.6 Å². The Morgan fingerprint density at radius 1 is 1.17 bits per heavy atom. The molecule has 5 heteroatoms. The summed E-state index contributed by atoms with van der Waals surface area (Å²) in [6, 6.07) is 16.1. The van der Waals surface area contributed by atoms with Crippen LogP contribution >= 0.6 is 15.9 Å². The molecular formula is C19H25BrN3O+. The lowest BCUT2D eigenvalue weighted by Gasteiger charge is -2.23. The number of benzene rings is 2. The average Bonchev–Trinajstić information content (AvgIpc) is 2.55. The Labute approximate surface area is 152 Å². The largest absolute Gasteiger partial charge is 0.378 e. The van der Waals surface area contributed by atoms with Gasteiger partial charge >= 0.3 is 0 Å². The molecule has 0 heterocycles. The normalized spacial score (nSPS) is 12.1. The van der Waals surface area contributed by atoms with Gasteiger partial charge in [0, 0.05) is 35.4 Å². The van der Waals surface area contributed by atoms with Gasteiger partial charge < -0.3 is 15.1 Å². The second-order valence-corrected chi connectivity index (χ2v) is 7.25. The Morgan fingerprint density at radius 3 is 2.38 bits per heavy atom. The Morgan fingerprint density at radius 2 is 1.83 bits per heavy atom. The first-order valence-electron chi connectivity index (χ1n) is 7.99. The minimum Gasteiger partial charge on any atom is -0.378 e. The fourth-order valence-electron chi connectivity index (χ4n) is 2.59. The molecule has 0 saturated carbocycles. The number of amides is 1. The van der Waals surface area contributed by atoms with Gasteiger partial charge in [-0.15, -0.1) is 0 Å². The second-order valence-electron chi connectivity index (χ2n) is 6.34. The van der Waals surface area contributed by atoms with Crippen LogP contribution in [0.2, 0.25) is 0 Å². The maximum absolute atomic E-state index is 12.4. The van der Waals surface area contributed by atoms with E-state index < -0.39 is 0 Å². The Balaban J connectivity index is 2.07. The molecule has 128 valence electrons. The number of nitrogens with one attached hydrogen (secondary N) is 2. The quantitative estimate of drug-likeness (QED) is 0.792. The molecule has 4 nitrogen and oxygen atoms in total. The predicted molar refractivity (Wildman–Crippen MR) is 103 cm³/mol. The van der Waals surface area contributed by atoms with E-state index in [0.29, 0.717) is 12.1 Å². The summed E-state index contributed by atoms with van der Waals surface area (Å²) in [7, 11) is 8.27. The van der Waals surface area contributed by atoms with Crippen molar-refractivity contribution in [2.75, 3.05) is 39.6 Å². The summed E-state index contributed by atoms with van der Waals surface area (Å²) in [5.41, 5.74) is 3.06. The molecule has 2 N–H and O–H groups in total.